The average molecular weight is 286 g/mol. The normalized spacial score (nSPS) is 22.4. The van der Waals surface area contributed by atoms with Gasteiger partial charge >= 0.3 is 0 Å². The van der Waals surface area contributed by atoms with Gasteiger partial charge in [0, 0.05) is 24.2 Å². The fourth-order valence-electron chi connectivity index (χ4n) is 3.00. The van der Waals surface area contributed by atoms with Gasteiger partial charge in [0.05, 0.1) is 6.54 Å². The van der Waals surface area contributed by atoms with Gasteiger partial charge in [-0.3, -0.25) is 4.90 Å². The number of nitrogens with two attached hydrogens (primary N) is 1. The molecule has 0 aromatic heterocycles. The lowest BCUT2D eigenvalue weighted by Gasteiger charge is -2.38. The highest BCUT2D eigenvalue weighted by Gasteiger charge is 2.23. The second-order valence-electron chi connectivity index (χ2n) is 5.75. The van der Waals surface area contributed by atoms with Crippen LogP contribution in [0.25, 0.3) is 0 Å². The van der Waals surface area contributed by atoms with Crippen molar-refractivity contribution in [2.24, 2.45) is 5.73 Å². The number of likely N-dealkylation sites (tertiary alicyclic amines) is 1. The maximum absolute atomic E-state index is 5.89. The molecule has 2 N–H and O–H groups in total. The van der Waals surface area contributed by atoms with Crippen LogP contribution in [-0.2, 0) is 0 Å². The molecule has 0 radical (unpaired) electrons. The van der Waals surface area contributed by atoms with Gasteiger partial charge in [-0.15, -0.1) is 0 Å². The van der Waals surface area contributed by atoms with Crippen molar-refractivity contribution in [1.82, 2.24) is 4.90 Å². The molecule has 1 aromatic rings. The highest BCUT2D eigenvalue weighted by molar-refractivity contribution is 5.39. The fraction of sp³-hybridized carbons (Fsp3) is 0.556. The van der Waals surface area contributed by atoms with Crippen molar-refractivity contribution >= 4 is 0 Å². The van der Waals surface area contributed by atoms with Crippen LogP contribution in [0.15, 0.2) is 24.3 Å². The topological polar surface area (TPSA) is 38.5 Å². The smallest absolute Gasteiger partial charge is 0.120 e. The molecule has 1 saturated heterocycles. The minimum absolute atomic E-state index is 0.385. The summed E-state index contributed by atoms with van der Waals surface area (Å²) in [5.41, 5.74) is 6.35. The third kappa shape index (κ3) is 4.77. The summed E-state index contributed by atoms with van der Waals surface area (Å²) in [6.07, 6.45) is 3.95. The molecular weight excluding hydrogens is 260 g/mol. The van der Waals surface area contributed by atoms with Crippen molar-refractivity contribution in [3.63, 3.8) is 0 Å². The molecule has 0 spiro atoms. The van der Waals surface area contributed by atoms with Gasteiger partial charge in [0.2, 0.25) is 0 Å². The number of rotatable bonds is 4. The van der Waals surface area contributed by atoms with E-state index in [0.29, 0.717) is 18.6 Å². The van der Waals surface area contributed by atoms with Crippen molar-refractivity contribution < 1.29 is 4.74 Å². The first kappa shape index (κ1) is 15.9. The molecule has 0 amide bonds. The van der Waals surface area contributed by atoms with Crippen LogP contribution in [-0.4, -0.2) is 36.7 Å². The number of hydrogen-bond acceptors (Lipinski definition) is 3. The lowest BCUT2D eigenvalue weighted by molar-refractivity contribution is 0.0851. The number of ether oxygens (including phenoxy) is 1. The van der Waals surface area contributed by atoms with Crippen LogP contribution < -0.4 is 10.5 Å². The predicted molar refractivity (Wildman–Crippen MR) is 87.4 cm³/mol. The molecule has 114 valence electrons. The summed E-state index contributed by atoms with van der Waals surface area (Å²) in [5, 5.41) is 0. The molecule has 21 heavy (non-hydrogen) atoms. The standard InChI is InChI=1S/C18H26N2O/c1-15-6-3-7-16(2)20(15)12-13-21-18-10-4-8-17(14-18)9-5-11-19/h4,8,10,14-16H,3,6-7,11-13,19H2,1-2H3/t15-,16+. The molecule has 0 bridgehead atoms. The van der Waals surface area contributed by atoms with Crippen molar-refractivity contribution in [2.45, 2.75) is 45.2 Å². The molecule has 2 atom stereocenters. The largest absolute Gasteiger partial charge is 0.492 e. The minimum atomic E-state index is 0.385. The van der Waals surface area contributed by atoms with E-state index in [0.717, 1.165) is 24.5 Å². The van der Waals surface area contributed by atoms with E-state index in [9.17, 15) is 0 Å². The molecule has 3 nitrogen and oxygen atoms in total. The highest BCUT2D eigenvalue weighted by Crippen LogP contribution is 2.22. The molecule has 0 unspecified atom stereocenters. The van der Waals surface area contributed by atoms with Gasteiger partial charge in [0.15, 0.2) is 0 Å². The van der Waals surface area contributed by atoms with E-state index in [1.807, 2.05) is 24.3 Å². The summed E-state index contributed by atoms with van der Waals surface area (Å²) < 4.78 is 5.89. The maximum atomic E-state index is 5.89. The van der Waals surface area contributed by atoms with E-state index in [-0.39, 0.29) is 0 Å². The SMILES string of the molecule is C[C@@H]1CCC[C@H](C)N1CCOc1cccc(C#CCN)c1. The van der Waals surface area contributed by atoms with E-state index >= 15 is 0 Å². The Hall–Kier alpha value is -1.50. The molecule has 1 aliphatic heterocycles. The van der Waals surface area contributed by atoms with Gasteiger partial charge < -0.3 is 10.5 Å². The van der Waals surface area contributed by atoms with E-state index in [1.54, 1.807) is 0 Å². The Bertz CT molecular complexity index is 493. The first-order valence-electron chi connectivity index (χ1n) is 7.88. The molecule has 1 fully saturated rings. The summed E-state index contributed by atoms with van der Waals surface area (Å²) >= 11 is 0. The average Bonchev–Trinajstić information content (AvgIpc) is 2.49. The quantitative estimate of drug-likeness (QED) is 0.865. The Kier molecular flexibility index (Phi) is 6.10. The van der Waals surface area contributed by atoms with E-state index in [1.165, 1.54) is 19.3 Å². The molecule has 1 heterocycles. The van der Waals surface area contributed by atoms with Crippen LogP contribution in [0, 0.1) is 11.8 Å². The number of benzene rings is 1. The summed E-state index contributed by atoms with van der Waals surface area (Å²) in [7, 11) is 0. The zero-order valence-electron chi connectivity index (χ0n) is 13.1. The lowest BCUT2D eigenvalue weighted by Crippen LogP contribution is -2.45. The lowest BCUT2D eigenvalue weighted by atomic mass is 9.98. The van der Waals surface area contributed by atoms with E-state index in [4.69, 9.17) is 10.5 Å². The maximum Gasteiger partial charge on any atom is 0.120 e. The van der Waals surface area contributed by atoms with Crippen LogP contribution in [0.5, 0.6) is 5.75 Å². The molecule has 1 aromatic carbocycles. The zero-order valence-corrected chi connectivity index (χ0v) is 13.1. The molecular formula is C18H26N2O. The third-order valence-corrected chi connectivity index (χ3v) is 4.16. The van der Waals surface area contributed by atoms with Gasteiger partial charge in [-0.05, 0) is 44.9 Å². The molecule has 1 aliphatic rings. The van der Waals surface area contributed by atoms with E-state index in [2.05, 4.69) is 30.6 Å². The highest BCUT2D eigenvalue weighted by atomic mass is 16.5. The van der Waals surface area contributed by atoms with Gasteiger partial charge in [-0.25, -0.2) is 0 Å². The van der Waals surface area contributed by atoms with Crippen LogP contribution >= 0.6 is 0 Å². The first-order valence-corrected chi connectivity index (χ1v) is 7.88. The second-order valence-corrected chi connectivity index (χ2v) is 5.75. The Morgan fingerprint density at radius 3 is 2.76 bits per heavy atom. The molecule has 3 heteroatoms. The summed E-state index contributed by atoms with van der Waals surface area (Å²) in [6, 6.07) is 9.24. The number of nitrogens with zero attached hydrogens (tertiary/aromatic N) is 1. The van der Waals surface area contributed by atoms with Crippen LogP contribution in [0.1, 0.15) is 38.7 Å². The predicted octanol–water partition coefficient (Wildman–Crippen LogP) is 2.64. The van der Waals surface area contributed by atoms with Crippen LogP contribution in [0.4, 0.5) is 0 Å². The summed E-state index contributed by atoms with van der Waals surface area (Å²) in [6.45, 7) is 6.73. The van der Waals surface area contributed by atoms with Gasteiger partial charge in [0.25, 0.3) is 0 Å². The number of piperidine rings is 1. The van der Waals surface area contributed by atoms with Gasteiger partial charge in [-0.1, -0.05) is 24.3 Å². The van der Waals surface area contributed by atoms with Gasteiger partial charge in [0.1, 0.15) is 12.4 Å². The van der Waals surface area contributed by atoms with Crippen LogP contribution in [0.3, 0.4) is 0 Å². The monoisotopic (exact) mass is 286 g/mol. The van der Waals surface area contributed by atoms with Crippen molar-refractivity contribution in [3.8, 4) is 17.6 Å². The minimum Gasteiger partial charge on any atom is -0.492 e. The molecule has 2 rings (SSSR count). The molecule has 0 saturated carbocycles. The summed E-state index contributed by atoms with van der Waals surface area (Å²) in [4.78, 5) is 2.56. The number of hydrogen-bond donors (Lipinski definition) is 1. The Labute approximate surface area is 128 Å². The summed E-state index contributed by atoms with van der Waals surface area (Å²) in [5.74, 6) is 6.78. The second kappa shape index (κ2) is 8.07. The Morgan fingerprint density at radius 2 is 2.05 bits per heavy atom. The van der Waals surface area contributed by atoms with Crippen molar-refractivity contribution in [3.05, 3.63) is 29.8 Å². The third-order valence-electron chi connectivity index (χ3n) is 4.16. The fourth-order valence-corrected chi connectivity index (χ4v) is 3.00. The van der Waals surface area contributed by atoms with Crippen molar-refractivity contribution in [1.29, 1.82) is 0 Å². The van der Waals surface area contributed by atoms with Crippen molar-refractivity contribution in [2.75, 3.05) is 19.7 Å². The van der Waals surface area contributed by atoms with Crippen LogP contribution in [0.2, 0.25) is 0 Å². The van der Waals surface area contributed by atoms with Gasteiger partial charge in [-0.2, -0.15) is 0 Å². The Morgan fingerprint density at radius 1 is 1.29 bits per heavy atom. The molecule has 0 aliphatic carbocycles. The Balaban J connectivity index is 1.85. The van der Waals surface area contributed by atoms with E-state index < -0.39 is 0 Å². The zero-order chi connectivity index (χ0) is 15.1. The first-order chi connectivity index (χ1) is 10.2.